The summed E-state index contributed by atoms with van der Waals surface area (Å²) < 4.78 is 15.9. The molecule has 5 heteroatoms. The third-order valence-electron chi connectivity index (χ3n) is 3.55. The van der Waals surface area contributed by atoms with Crippen LogP contribution in [-0.2, 0) is 11.2 Å². The van der Waals surface area contributed by atoms with Crippen molar-refractivity contribution in [2.75, 3.05) is 27.4 Å². The predicted octanol–water partition coefficient (Wildman–Crippen LogP) is 2.83. The number of hydrogen-bond donors (Lipinski definition) is 1. The first-order chi connectivity index (χ1) is 11.7. The van der Waals surface area contributed by atoms with Gasteiger partial charge in [0, 0.05) is 6.42 Å². The predicted molar refractivity (Wildman–Crippen MR) is 92.8 cm³/mol. The molecule has 1 N–H and O–H groups in total. The molecule has 128 valence electrons. The monoisotopic (exact) mass is 329 g/mol. The van der Waals surface area contributed by atoms with Crippen molar-refractivity contribution in [1.82, 2.24) is 5.32 Å². The van der Waals surface area contributed by atoms with Crippen LogP contribution in [0, 0.1) is 0 Å². The number of hydrogen-bond acceptors (Lipinski definition) is 4. The molecule has 2 aromatic rings. The first-order valence-corrected chi connectivity index (χ1v) is 7.88. The van der Waals surface area contributed by atoms with E-state index in [0.717, 1.165) is 11.3 Å². The molecule has 0 atom stereocenters. The van der Waals surface area contributed by atoms with Crippen LogP contribution in [0.15, 0.2) is 48.5 Å². The minimum absolute atomic E-state index is 0.00875. The van der Waals surface area contributed by atoms with Gasteiger partial charge in [-0.2, -0.15) is 0 Å². The van der Waals surface area contributed by atoms with Crippen LogP contribution >= 0.6 is 0 Å². The van der Waals surface area contributed by atoms with Crippen molar-refractivity contribution in [3.05, 3.63) is 54.1 Å². The Bertz CT molecular complexity index is 640. The van der Waals surface area contributed by atoms with Crippen LogP contribution < -0.4 is 19.5 Å². The summed E-state index contributed by atoms with van der Waals surface area (Å²) in [6, 6.07) is 15.2. The smallest absolute Gasteiger partial charge is 0.220 e. The van der Waals surface area contributed by atoms with E-state index in [-0.39, 0.29) is 5.91 Å². The molecule has 0 bridgehead atoms. The number of amides is 1. The van der Waals surface area contributed by atoms with Crippen LogP contribution in [0.2, 0.25) is 0 Å². The van der Waals surface area contributed by atoms with Crippen LogP contribution in [0.25, 0.3) is 0 Å². The molecule has 0 saturated carbocycles. The quantitative estimate of drug-likeness (QED) is 0.719. The summed E-state index contributed by atoms with van der Waals surface area (Å²) in [7, 11) is 3.23. The van der Waals surface area contributed by atoms with Crippen molar-refractivity contribution in [2.45, 2.75) is 12.8 Å². The molecule has 0 aromatic heterocycles. The van der Waals surface area contributed by atoms with Gasteiger partial charge in [0.2, 0.25) is 5.91 Å². The Morgan fingerprint density at radius 3 is 2.33 bits per heavy atom. The average Bonchev–Trinajstić information content (AvgIpc) is 2.64. The van der Waals surface area contributed by atoms with Gasteiger partial charge in [0.1, 0.15) is 12.4 Å². The number of benzene rings is 2. The summed E-state index contributed by atoms with van der Waals surface area (Å²) >= 11 is 0. The van der Waals surface area contributed by atoms with E-state index in [0.29, 0.717) is 37.5 Å². The van der Waals surface area contributed by atoms with E-state index in [9.17, 15) is 4.79 Å². The number of carbonyl (C=O) groups excluding carboxylic acids is 1. The number of methoxy groups -OCH3 is 2. The van der Waals surface area contributed by atoms with E-state index in [4.69, 9.17) is 14.2 Å². The Kier molecular flexibility index (Phi) is 6.95. The lowest BCUT2D eigenvalue weighted by molar-refractivity contribution is -0.121. The van der Waals surface area contributed by atoms with Gasteiger partial charge < -0.3 is 19.5 Å². The van der Waals surface area contributed by atoms with E-state index in [1.165, 1.54) is 0 Å². The molecule has 2 rings (SSSR count). The van der Waals surface area contributed by atoms with Crippen molar-refractivity contribution in [1.29, 1.82) is 0 Å². The second kappa shape index (κ2) is 9.45. The normalized spacial score (nSPS) is 10.1. The molecule has 5 nitrogen and oxygen atoms in total. The maximum atomic E-state index is 11.9. The van der Waals surface area contributed by atoms with Gasteiger partial charge >= 0.3 is 0 Å². The highest BCUT2D eigenvalue weighted by atomic mass is 16.5. The number of carbonyl (C=O) groups is 1. The molecule has 0 unspecified atom stereocenters. The summed E-state index contributed by atoms with van der Waals surface area (Å²) in [6.45, 7) is 0.855. The second-order valence-corrected chi connectivity index (χ2v) is 5.20. The van der Waals surface area contributed by atoms with Gasteiger partial charge in [0.15, 0.2) is 11.5 Å². The molecule has 0 fully saturated rings. The highest BCUT2D eigenvalue weighted by molar-refractivity contribution is 5.76. The number of rotatable bonds is 9. The summed E-state index contributed by atoms with van der Waals surface area (Å²) in [5, 5.41) is 2.85. The van der Waals surface area contributed by atoms with Crippen LogP contribution in [0.5, 0.6) is 17.2 Å². The minimum Gasteiger partial charge on any atom is -0.497 e. The Hall–Kier alpha value is -2.69. The van der Waals surface area contributed by atoms with Crippen molar-refractivity contribution < 1.29 is 19.0 Å². The molecule has 1 amide bonds. The van der Waals surface area contributed by atoms with E-state index in [2.05, 4.69) is 5.32 Å². The van der Waals surface area contributed by atoms with Crippen molar-refractivity contribution in [3.8, 4) is 17.2 Å². The summed E-state index contributed by atoms with van der Waals surface area (Å²) in [6.07, 6.45) is 1.14. The molecule has 0 aliphatic carbocycles. The van der Waals surface area contributed by atoms with Crippen LogP contribution in [-0.4, -0.2) is 33.3 Å². The van der Waals surface area contributed by atoms with Gasteiger partial charge in [-0.05, 0) is 36.2 Å². The highest BCUT2D eigenvalue weighted by Gasteiger charge is 2.04. The van der Waals surface area contributed by atoms with Gasteiger partial charge in [0.05, 0.1) is 20.8 Å². The first kappa shape index (κ1) is 17.7. The van der Waals surface area contributed by atoms with Gasteiger partial charge in [-0.25, -0.2) is 0 Å². The van der Waals surface area contributed by atoms with E-state index in [1.807, 2.05) is 48.5 Å². The summed E-state index contributed by atoms with van der Waals surface area (Å²) in [4.78, 5) is 11.9. The zero-order valence-electron chi connectivity index (χ0n) is 14.1. The third-order valence-corrected chi connectivity index (χ3v) is 3.55. The van der Waals surface area contributed by atoms with Crippen molar-refractivity contribution in [2.24, 2.45) is 0 Å². The van der Waals surface area contributed by atoms with E-state index >= 15 is 0 Å². The van der Waals surface area contributed by atoms with Gasteiger partial charge in [-0.1, -0.05) is 24.3 Å². The lowest BCUT2D eigenvalue weighted by atomic mass is 10.1. The molecule has 2 aromatic carbocycles. The fourth-order valence-electron chi connectivity index (χ4n) is 2.23. The molecular formula is C19H23NO4. The number of nitrogens with one attached hydrogen (secondary N) is 1. The molecule has 24 heavy (non-hydrogen) atoms. The topological polar surface area (TPSA) is 56.8 Å². The van der Waals surface area contributed by atoms with Crippen molar-refractivity contribution >= 4 is 5.91 Å². The zero-order chi connectivity index (χ0) is 17.2. The number of ether oxygens (including phenoxy) is 3. The van der Waals surface area contributed by atoms with Crippen LogP contribution in [0.3, 0.4) is 0 Å². The van der Waals surface area contributed by atoms with Crippen LogP contribution in [0.1, 0.15) is 12.0 Å². The van der Waals surface area contributed by atoms with E-state index in [1.54, 1.807) is 14.2 Å². The molecule has 0 aliphatic heterocycles. The fourth-order valence-corrected chi connectivity index (χ4v) is 2.23. The van der Waals surface area contributed by atoms with Gasteiger partial charge in [-0.15, -0.1) is 0 Å². The summed E-state index contributed by atoms with van der Waals surface area (Å²) in [5.74, 6) is 2.18. The molecule has 0 aliphatic rings. The SMILES string of the molecule is COc1ccc(CCC(=O)NCCOc2ccccc2OC)cc1. The lowest BCUT2D eigenvalue weighted by Gasteiger charge is -2.11. The van der Waals surface area contributed by atoms with Crippen molar-refractivity contribution in [3.63, 3.8) is 0 Å². The van der Waals surface area contributed by atoms with Crippen LogP contribution in [0.4, 0.5) is 0 Å². The van der Waals surface area contributed by atoms with E-state index < -0.39 is 0 Å². The second-order valence-electron chi connectivity index (χ2n) is 5.20. The Balaban J connectivity index is 1.66. The standard InChI is InChI=1S/C19H23NO4/c1-22-16-10-7-15(8-11-16)9-12-19(21)20-13-14-24-18-6-4-3-5-17(18)23-2/h3-8,10-11H,9,12-14H2,1-2H3,(H,20,21). The Morgan fingerprint density at radius 1 is 0.958 bits per heavy atom. The Labute approximate surface area is 142 Å². The Morgan fingerprint density at radius 2 is 1.67 bits per heavy atom. The fraction of sp³-hybridized carbons (Fsp3) is 0.316. The maximum absolute atomic E-state index is 11.9. The average molecular weight is 329 g/mol. The minimum atomic E-state index is 0.00875. The molecular weight excluding hydrogens is 306 g/mol. The first-order valence-electron chi connectivity index (χ1n) is 7.88. The zero-order valence-corrected chi connectivity index (χ0v) is 14.1. The molecule has 0 spiro atoms. The molecule has 0 radical (unpaired) electrons. The largest absolute Gasteiger partial charge is 0.497 e. The third kappa shape index (κ3) is 5.50. The number of para-hydroxylation sites is 2. The van der Waals surface area contributed by atoms with Gasteiger partial charge in [0.25, 0.3) is 0 Å². The summed E-state index contributed by atoms with van der Waals surface area (Å²) in [5.41, 5.74) is 1.11. The lowest BCUT2D eigenvalue weighted by Crippen LogP contribution is -2.28. The molecule has 0 heterocycles. The van der Waals surface area contributed by atoms with Gasteiger partial charge in [-0.3, -0.25) is 4.79 Å². The maximum Gasteiger partial charge on any atom is 0.220 e. The highest BCUT2D eigenvalue weighted by Crippen LogP contribution is 2.25. The number of aryl methyl sites for hydroxylation is 1. The molecule has 0 saturated heterocycles.